The predicted octanol–water partition coefficient (Wildman–Crippen LogP) is 1.96. The Morgan fingerprint density at radius 2 is 2.40 bits per heavy atom. The Kier molecular flexibility index (Phi) is 3.50. The lowest BCUT2D eigenvalue weighted by molar-refractivity contribution is 0.387. The lowest BCUT2D eigenvalue weighted by Crippen LogP contribution is -2.13. The molecule has 0 aromatic rings. The molecule has 1 aliphatic heterocycles. The third-order valence-corrected chi connectivity index (χ3v) is 2.50. The second kappa shape index (κ2) is 4.20. The van der Waals surface area contributed by atoms with E-state index in [0.29, 0.717) is 0 Å². The van der Waals surface area contributed by atoms with E-state index in [4.69, 9.17) is 11.6 Å². The fourth-order valence-electron chi connectivity index (χ4n) is 1.63. The molecule has 1 nitrogen and oxygen atoms in total. The summed E-state index contributed by atoms with van der Waals surface area (Å²) in [5.74, 6) is 1.77. The third-order valence-electron chi connectivity index (χ3n) is 2.23. The van der Waals surface area contributed by atoms with E-state index in [1.165, 1.54) is 32.4 Å². The minimum atomic E-state index is 0.834. The average molecular weight is 162 g/mol. The maximum atomic E-state index is 5.60. The van der Waals surface area contributed by atoms with E-state index in [1.807, 2.05) is 0 Å². The first-order valence-corrected chi connectivity index (χ1v) is 4.61. The highest BCUT2D eigenvalue weighted by molar-refractivity contribution is 6.17. The van der Waals surface area contributed by atoms with Crippen LogP contribution in [0.3, 0.4) is 0 Å². The van der Waals surface area contributed by atoms with Gasteiger partial charge in [-0.2, -0.15) is 0 Å². The largest absolute Gasteiger partial charge is 0.306 e. The summed E-state index contributed by atoms with van der Waals surface area (Å²) in [6.45, 7) is 2.57. The fourth-order valence-corrected chi connectivity index (χ4v) is 1.78. The average Bonchev–Trinajstić information content (AvgIpc) is 2.31. The Labute approximate surface area is 68.4 Å². The van der Waals surface area contributed by atoms with Gasteiger partial charge in [0.15, 0.2) is 0 Å². The van der Waals surface area contributed by atoms with Crippen molar-refractivity contribution in [3.05, 3.63) is 0 Å². The van der Waals surface area contributed by atoms with Crippen molar-refractivity contribution in [3.8, 4) is 0 Å². The molecule has 1 unspecified atom stereocenters. The topological polar surface area (TPSA) is 3.24 Å². The lowest BCUT2D eigenvalue weighted by atomic mass is 10.0. The molecule has 0 amide bonds. The molecule has 0 saturated carbocycles. The third kappa shape index (κ3) is 2.47. The van der Waals surface area contributed by atoms with Crippen molar-refractivity contribution in [3.63, 3.8) is 0 Å². The molecule has 10 heavy (non-hydrogen) atoms. The molecule has 0 aliphatic carbocycles. The number of alkyl halides is 1. The highest BCUT2D eigenvalue weighted by Gasteiger charge is 2.17. The SMILES string of the molecule is CN1CCC(CCCCl)C1. The second-order valence-electron chi connectivity index (χ2n) is 3.25. The summed E-state index contributed by atoms with van der Waals surface area (Å²) in [4.78, 5) is 2.40. The van der Waals surface area contributed by atoms with Crippen molar-refractivity contribution < 1.29 is 0 Å². The van der Waals surface area contributed by atoms with Crippen molar-refractivity contribution >= 4 is 11.6 Å². The standard InChI is InChI=1S/C8H16ClN/c1-10-6-4-8(7-10)3-2-5-9/h8H,2-7H2,1H3. The Morgan fingerprint density at radius 1 is 1.60 bits per heavy atom. The summed E-state index contributed by atoms with van der Waals surface area (Å²) in [6.07, 6.45) is 3.90. The van der Waals surface area contributed by atoms with Gasteiger partial charge < -0.3 is 4.90 Å². The molecule has 0 spiro atoms. The van der Waals surface area contributed by atoms with Crippen LogP contribution in [0, 0.1) is 5.92 Å². The molecule has 0 radical (unpaired) electrons. The van der Waals surface area contributed by atoms with Gasteiger partial charge in [0.05, 0.1) is 0 Å². The second-order valence-corrected chi connectivity index (χ2v) is 3.63. The molecular formula is C8H16ClN. The summed E-state index contributed by atoms with van der Waals surface area (Å²) in [5.41, 5.74) is 0. The Bertz CT molecular complexity index is 95.3. The van der Waals surface area contributed by atoms with Crippen LogP contribution in [0.25, 0.3) is 0 Å². The van der Waals surface area contributed by atoms with Crippen LogP contribution in [0.5, 0.6) is 0 Å². The first-order chi connectivity index (χ1) is 4.83. The van der Waals surface area contributed by atoms with Crippen LogP contribution >= 0.6 is 11.6 Å². The minimum Gasteiger partial charge on any atom is -0.306 e. The summed E-state index contributed by atoms with van der Waals surface area (Å²) in [7, 11) is 2.20. The zero-order valence-corrected chi connectivity index (χ0v) is 7.40. The van der Waals surface area contributed by atoms with Gasteiger partial charge >= 0.3 is 0 Å². The normalized spacial score (nSPS) is 27.6. The summed E-state index contributed by atoms with van der Waals surface area (Å²) in [5, 5.41) is 0. The molecular weight excluding hydrogens is 146 g/mol. The molecule has 0 aromatic heterocycles. The van der Waals surface area contributed by atoms with Gasteiger partial charge in [-0.15, -0.1) is 11.6 Å². The Morgan fingerprint density at radius 3 is 2.90 bits per heavy atom. The number of likely N-dealkylation sites (tertiary alicyclic amines) is 1. The van der Waals surface area contributed by atoms with Crippen LogP contribution in [-0.4, -0.2) is 30.9 Å². The van der Waals surface area contributed by atoms with Crippen LogP contribution in [-0.2, 0) is 0 Å². The molecule has 60 valence electrons. The monoisotopic (exact) mass is 161 g/mol. The summed E-state index contributed by atoms with van der Waals surface area (Å²) < 4.78 is 0. The molecule has 0 aromatic carbocycles. The van der Waals surface area contributed by atoms with Crippen molar-refractivity contribution in [1.29, 1.82) is 0 Å². The molecule has 1 aliphatic rings. The number of halogens is 1. The minimum absolute atomic E-state index is 0.834. The van der Waals surface area contributed by atoms with E-state index in [9.17, 15) is 0 Å². The van der Waals surface area contributed by atoms with Crippen molar-refractivity contribution in [2.75, 3.05) is 26.0 Å². The van der Waals surface area contributed by atoms with Gasteiger partial charge in [-0.25, -0.2) is 0 Å². The molecule has 1 saturated heterocycles. The molecule has 1 heterocycles. The highest BCUT2D eigenvalue weighted by atomic mass is 35.5. The molecule has 0 N–H and O–H groups in total. The zero-order valence-electron chi connectivity index (χ0n) is 6.65. The van der Waals surface area contributed by atoms with Gasteiger partial charge in [0.1, 0.15) is 0 Å². The van der Waals surface area contributed by atoms with Gasteiger partial charge in [-0.1, -0.05) is 0 Å². The van der Waals surface area contributed by atoms with Gasteiger partial charge in [0.2, 0.25) is 0 Å². The maximum Gasteiger partial charge on any atom is 0.0223 e. The number of hydrogen-bond acceptors (Lipinski definition) is 1. The maximum absolute atomic E-state index is 5.60. The van der Waals surface area contributed by atoms with Crippen molar-refractivity contribution in [2.24, 2.45) is 5.92 Å². The quantitative estimate of drug-likeness (QED) is 0.572. The van der Waals surface area contributed by atoms with E-state index in [0.717, 1.165) is 11.8 Å². The van der Waals surface area contributed by atoms with E-state index < -0.39 is 0 Å². The van der Waals surface area contributed by atoms with Crippen LogP contribution in [0.15, 0.2) is 0 Å². The van der Waals surface area contributed by atoms with Gasteiger partial charge in [-0.3, -0.25) is 0 Å². The first kappa shape index (κ1) is 8.35. The fraction of sp³-hybridized carbons (Fsp3) is 1.00. The molecule has 1 rings (SSSR count). The summed E-state index contributed by atoms with van der Waals surface area (Å²) in [6, 6.07) is 0. The van der Waals surface area contributed by atoms with Gasteiger partial charge in [0.25, 0.3) is 0 Å². The molecule has 1 fully saturated rings. The molecule has 0 bridgehead atoms. The Balaban J connectivity index is 2.06. The Hall–Kier alpha value is 0.250. The number of nitrogens with zero attached hydrogens (tertiary/aromatic N) is 1. The van der Waals surface area contributed by atoms with Crippen LogP contribution in [0.2, 0.25) is 0 Å². The lowest BCUT2D eigenvalue weighted by Gasteiger charge is -2.08. The van der Waals surface area contributed by atoms with Crippen molar-refractivity contribution in [1.82, 2.24) is 4.90 Å². The highest BCUT2D eigenvalue weighted by Crippen LogP contribution is 2.19. The molecule has 2 heteroatoms. The van der Waals surface area contributed by atoms with Gasteiger partial charge in [-0.05, 0) is 38.8 Å². The number of rotatable bonds is 3. The zero-order chi connectivity index (χ0) is 7.40. The van der Waals surface area contributed by atoms with Crippen LogP contribution in [0.1, 0.15) is 19.3 Å². The first-order valence-electron chi connectivity index (χ1n) is 4.07. The number of hydrogen-bond donors (Lipinski definition) is 0. The van der Waals surface area contributed by atoms with E-state index in [1.54, 1.807) is 0 Å². The molecule has 1 atom stereocenters. The van der Waals surface area contributed by atoms with Crippen LogP contribution < -0.4 is 0 Å². The summed E-state index contributed by atoms with van der Waals surface area (Å²) >= 11 is 5.60. The van der Waals surface area contributed by atoms with Crippen molar-refractivity contribution in [2.45, 2.75) is 19.3 Å². The smallest absolute Gasteiger partial charge is 0.0223 e. The van der Waals surface area contributed by atoms with Crippen LogP contribution in [0.4, 0.5) is 0 Å². The van der Waals surface area contributed by atoms with E-state index in [2.05, 4.69) is 11.9 Å². The predicted molar refractivity (Wildman–Crippen MR) is 45.6 cm³/mol. The van der Waals surface area contributed by atoms with Gasteiger partial charge in [0, 0.05) is 12.4 Å². The van der Waals surface area contributed by atoms with E-state index >= 15 is 0 Å². The van der Waals surface area contributed by atoms with E-state index in [-0.39, 0.29) is 0 Å².